The number of rotatable bonds is 3. The number of benzene rings is 2. The molecule has 0 saturated heterocycles. The molecule has 0 aliphatic carbocycles. The van der Waals surface area contributed by atoms with Crippen molar-refractivity contribution in [3.05, 3.63) is 68.7 Å². The van der Waals surface area contributed by atoms with Gasteiger partial charge in [0.25, 0.3) is 5.91 Å². The lowest BCUT2D eigenvalue weighted by molar-refractivity contribution is 0.0955. The Bertz CT molecular complexity index is 697. The van der Waals surface area contributed by atoms with Crippen LogP contribution in [0.2, 0.25) is 15.1 Å². The van der Waals surface area contributed by atoms with Crippen LogP contribution < -0.4 is 5.43 Å². The molecular weight excluding hydrogens is 331 g/mol. The fraction of sp³-hybridized carbons (Fsp3) is 0.0667. The largest absolute Gasteiger partial charge is 0.272 e. The fourth-order valence-electron chi connectivity index (χ4n) is 1.62. The van der Waals surface area contributed by atoms with E-state index in [2.05, 4.69) is 10.5 Å². The van der Waals surface area contributed by atoms with E-state index in [1.165, 1.54) is 6.07 Å². The molecule has 0 aliphatic rings. The number of carbonyl (C=O) groups is 1. The predicted molar refractivity (Wildman–Crippen MR) is 87.6 cm³/mol. The number of nitrogens with zero attached hydrogens (tertiary/aromatic N) is 1. The molecule has 1 N–H and O–H groups in total. The van der Waals surface area contributed by atoms with E-state index in [9.17, 15) is 4.79 Å². The van der Waals surface area contributed by atoms with E-state index in [1.54, 1.807) is 31.2 Å². The molecule has 0 aliphatic heterocycles. The molecule has 0 heterocycles. The van der Waals surface area contributed by atoms with Gasteiger partial charge in [-0.05, 0) is 42.8 Å². The van der Waals surface area contributed by atoms with E-state index in [-0.39, 0.29) is 5.02 Å². The molecule has 0 unspecified atom stereocenters. The van der Waals surface area contributed by atoms with Crippen LogP contribution in [-0.2, 0) is 0 Å². The molecular formula is C15H11Cl3N2O. The zero-order valence-corrected chi connectivity index (χ0v) is 13.3. The third-order valence-electron chi connectivity index (χ3n) is 2.76. The van der Waals surface area contributed by atoms with E-state index >= 15 is 0 Å². The van der Waals surface area contributed by atoms with E-state index in [0.717, 1.165) is 5.56 Å². The zero-order valence-electron chi connectivity index (χ0n) is 11.0. The molecule has 0 spiro atoms. The van der Waals surface area contributed by atoms with Crippen LogP contribution in [0.4, 0.5) is 0 Å². The topological polar surface area (TPSA) is 41.5 Å². The Labute approximate surface area is 137 Å². The van der Waals surface area contributed by atoms with Gasteiger partial charge in [0.15, 0.2) is 0 Å². The molecule has 108 valence electrons. The number of hydrogen-bond donors (Lipinski definition) is 1. The van der Waals surface area contributed by atoms with Gasteiger partial charge >= 0.3 is 0 Å². The minimum absolute atomic E-state index is 0.277. The Morgan fingerprint density at radius 2 is 1.62 bits per heavy atom. The number of amides is 1. The molecule has 6 heteroatoms. The quantitative estimate of drug-likeness (QED) is 0.632. The molecule has 2 rings (SSSR count). The third-order valence-corrected chi connectivity index (χ3v) is 3.56. The molecule has 0 bridgehead atoms. The van der Waals surface area contributed by atoms with Crippen LogP contribution in [0.3, 0.4) is 0 Å². The van der Waals surface area contributed by atoms with Gasteiger partial charge < -0.3 is 0 Å². The van der Waals surface area contributed by atoms with Crippen molar-refractivity contribution in [1.82, 2.24) is 5.43 Å². The Hall–Kier alpha value is -1.55. The highest BCUT2D eigenvalue weighted by atomic mass is 35.5. The fourth-order valence-corrected chi connectivity index (χ4v) is 2.24. The van der Waals surface area contributed by atoms with Gasteiger partial charge in [0.2, 0.25) is 0 Å². The summed E-state index contributed by atoms with van der Waals surface area (Å²) in [5, 5.41) is 5.44. The average Bonchev–Trinajstić information content (AvgIpc) is 2.45. The first kappa shape index (κ1) is 15.8. The monoisotopic (exact) mass is 340 g/mol. The Morgan fingerprint density at radius 3 is 2.24 bits per heavy atom. The van der Waals surface area contributed by atoms with E-state index in [4.69, 9.17) is 34.8 Å². The summed E-state index contributed by atoms with van der Waals surface area (Å²) in [4.78, 5) is 12.0. The van der Waals surface area contributed by atoms with Gasteiger partial charge in [-0.3, -0.25) is 4.79 Å². The van der Waals surface area contributed by atoms with Crippen molar-refractivity contribution in [1.29, 1.82) is 0 Å². The van der Waals surface area contributed by atoms with Crippen molar-refractivity contribution in [2.45, 2.75) is 6.92 Å². The lowest BCUT2D eigenvalue weighted by Gasteiger charge is -2.05. The second kappa shape index (κ2) is 6.94. The Kier molecular flexibility index (Phi) is 5.23. The van der Waals surface area contributed by atoms with Gasteiger partial charge in [-0.25, -0.2) is 5.43 Å². The maximum atomic E-state index is 12.0. The smallest absolute Gasteiger partial charge is 0.267 e. The van der Waals surface area contributed by atoms with Crippen molar-refractivity contribution >= 4 is 46.4 Å². The minimum atomic E-state index is -0.398. The molecule has 0 radical (unpaired) electrons. The molecule has 3 nitrogen and oxygen atoms in total. The summed E-state index contributed by atoms with van der Waals surface area (Å²) < 4.78 is 0. The molecule has 0 atom stereocenters. The maximum Gasteiger partial charge on any atom is 0.272 e. The molecule has 2 aromatic rings. The number of hydrazone groups is 1. The summed E-state index contributed by atoms with van der Waals surface area (Å²) >= 11 is 17.6. The molecule has 1 amide bonds. The first-order valence-corrected chi connectivity index (χ1v) is 7.16. The Morgan fingerprint density at radius 1 is 1.00 bits per heavy atom. The van der Waals surface area contributed by atoms with Crippen molar-refractivity contribution in [2.24, 2.45) is 5.10 Å². The predicted octanol–water partition coefficient (Wildman–Crippen LogP) is 4.80. The first-order valence-electron chi connectivity index (χ1n) is 6.03. The van der Waals surface area contributed by atoms with Crippen molar-refractivity contribution in [3.63, 3.8) is 0 Å². The Balaban J connectivity index is 2.12. The number of halogens is 3. The molecule has 21 heavy (non-hydrogen) atoms. The molecule has 2 aromatic carbocycles. The van der Waals surface area contributed by atoms with Gasteiger partial charge in [-0.15, -0.1) is 0 Å². The van der Waals surface area contributed by atoms with Crippen molar-refractivity contribution in [3.8, 4) is 0 Å². The van der Waals surface area contributed by atoms with Gasteiger partial charge in [-0.2, -0.15) is 5.10 Å². The molecule has 0 fully saturated rings. The van der Waals surface area contributed by atoms with E-state index in [0.29, 0.717) is 21.3 Å². The average molecular weight is 342 g/mol. The maximum absolute atomic E-state index is 12.0. The molecule has 0 saturated carbocycles. The van der Waals surface area contributed by atoms with Crippen LogP contribution in [0.25, 0.3) is 0 Å². The number of hydrogen-bond acceptors (Lipinski definition) is 2. The second-order valence-electron chi connectivity index (χ2n) is 4.27. The summed E-state index contributed by atoms with van der Waals surface area (Å²) in [7, 11) is 0. The lowest BCUT2D eigenvalue weighted by atomic mass is 10.1. The standard InChI is InChI=1S/C15H11Cl3N2O/c1-9(10-2-4-11(16)5-3-10)19-20-15(21)13-7-6-12(17)8-14(13)18/h2-8H,1H3,(H,20,21)/b19-9+. The highest BCUT2D eigenvalue weighted by Crippen LogP contribution is 2.20. The summed E-state index contributed by atoms with van der Waals surface area (Å²) in [5.74, 6) is -0.398. The van der Waals surface area contributed by atoms with Gasteiger partial charge in [0.05, 0.1) is 16.3 Å². The zero-order chi connectivity index (χ0) is 15.4. The number of carbonyl (C=O) groups excluding carboxylic acids is 1. The highest BCUT2D eigenvalue weighted by Gasteiger charge is 2.10. The SMILES string of the molecule is C/C(=N\NC(=O)c1ccc(Cl)cc1Cl)c1ccc(Cl)cc1. The first-order chi connectivity index (χ1) is 9.97. The van der Waals surface area contributed by atoms with Crippen LogP contribution in [-0.4, -0.2) is 11.6 Å². The van der Waals surface area contributed by atoms with Crippen LogP contribution in [0.15, 0.2) is 47.6 Å². The van der Waals surface area contributed by atoms with Crippen molar-refractivity contribution < 1.29 is 4.79 Å². The van der Waals surface area contributed by atoms with Crippen LogP contribution >= 0.6 is 34.8 Å². The van der Waals surface area contributed by atoms with E-state index < -0.39 is 5.91 Å². The van der Waals surface area contributed by atoms with Crippen molar-refractivity contribution in [2.75, 3.05) is 0 Å². The highest BCUT2D eigenvalue weighted by molar-refractivity contribution is 6.36. The lowest BCUT2D eigenvalue weighted by Crippen LogP contribution is -2.19. The van der Waals surface area contributed by atoms with Crippen LogP contribution in [0.1, 0.15) is 22.8 Å². The second-order valence-corrected chi connectivity index (χ2v) is 5.55. The normalized spacial score (nSPS) is 11.3. The van der Waals surface area contributed by atoms with Gasteiger partial charge in [0.1, 0.15) is 0 Å². The summed E-state index contributed by atoms with van der Waals surface area (Å²) in [6, 6.07) is 11.8. The van der Waals surface area contributed by atoms with Gasteiger partial charge in [-0.1, -0.05) is 46.9 Å². The summed E-state index contributed by atoms with van der Waals surface area (Å²) in [6.45, 7) is 1.78. The third kappa shape index (κ3) is 4.21. The van der Waals surface area contributed by atoms with Crippen LogP contribution in [0.5, 0.6) is 0 Å². The number of nitrogens with one attached hydrogen (secondary N) is 1. The summed E-state index contributed by atoms with van der Waals surface area (Å²) in [5.41, 5.74) is 4.29. The minimum Gasteiger partial charge on any atom is -0.267 e. The van der Waals surface area contributed by atoms with Crippen LogP contribution in [0, 0.1) is 0 Å². The summed E-state index contributed by atoms with van der Waals surface area (Å²) in [6.07, 6.45) is 0. The van der Waals surface area contributed by atoms with E-state index in [1.807, 2.05) is 12.1 Å². The molecule has 0 aromatic heterocycles. The van der Waals surface area contributed by atoms with Gasteiger partial charge in [0, 0.05) is 10.0 Å².